The molecule has 0 bridgehead atoms. The second kappa shape index (κ2) is 18.4. The molecule has 0 fully saturated rings. The SMILES string of the molecule is N#Cc1cc(-n2c3ccccc3c3ccc(-c4nc(-c5ccccc5)nc(-c5ccccc5)n4)cc32)c(-c2ccncc2)cc1-n1c2ccccc2c2ccc(-c3nc(-c4ccccc4)nc(-c4ccccc4)n3)cc21. The molecule has 0 aliphatic carbocycles. The monoisotopic (exact) mass is 972 g/mol. The number of hydrogen-bond acceptors (Lipinski definition) is 8. The first kappa shape index (κ1) is 44.0. The first-order valence-corrected chi connectivity index (χ1v) is 24.9. The number of nitriles is 1. The number of aromatic nitrogens is 9. The van der Waals surface area contributed by atoms with Gasteiger partial charge in [-0.3, -0.25) is 4.98 Å². The van der Waals surface area contributed by atoms with E-state index < -0.39 is 0 Å². The van der Waals surface area contributed by atoms with Gasteiger partial charge in [0.2, 0.25) is 0 Å². The van der Waals surface area contributed by atoms with E-state index in [1.165, 1.54) is 0 Å². The minimum absolute atomic E-state index is 0.485. The molecule has 14 aromatic rings. The number of benzene rings is 9. The third-order valence-electron chi connectivity index (χ3n) is 14.0. The Hall–Kier alpha value is -10.8. The van der Waals surface area contributed by atoms with Gasteiger partial charge in [-0.2, -0.15) is 5.26 Å². The summed E-state index contributed by atoms with van der Waals surface area (Å²) in [6.07, 6.45) is 3.62. The van der Waals surface area contributed by atoms with E-state index in [9.17, 15) is 5.26 Å². The molecule has 0 unspecified atom stereocenters. The van der Waals surface area contributed by atoms with Crippen LogP contribution in [0.4, 0.5) is 0 Å². The van der Waals surface area contributed by atoms with Gasteiger partial charge >= 0.3 is 0 Å². The minimum atomic E-state index is 0.485. The highest BCUT2D eigenvalue weighted by Crippen LogP contribution is 2.42. The number of fused-ring (bicyclic) bond motifs is 6. The van der Waals surface area contributed by atoms with Crippen LogP contribution in [0.15, 0.2) is 243 Å². The Morgan fingerprint density at radius 3 is 1.05 bits per heavy atom. The fourth-order valence-corrected chi connectivity index (χ4v) is 10.4. The molecule has 354 valence electrons. The first-order valence-electron chi connectivity index (χ1n) is 24.9. The highest BCUT2D eigenvalue weighted by atomic mass is 15.1. The molecule has 0 saturated carbocycles. The Morgan fingerprint density at radius 1 is 0.289 bits per heavy atom. The van der Waals surface area contributed by atoms with E-state index in [1.807, 2.05) is 158 Å². The lowest BCUT2D eigenvalue weighted by molar-refractivity contribution is 1.07. The fraction of sp³-hybridized carbons (Fsp3) is 0. The van der Waals surface area contributed by atoms with E-state index >= 15 is 0 Å². The molecule has 14 rings (SSSR count). The minimum Gasteiger partial charge on any atom is -0.309 e. The van der Waals surface area contributed by atoms with Gasteiger partial charge in [-0.1, -0.05) is 182 Å². The molecule has 10 heteroatoms. The van der Waals surface area contributed by atoms with Crippen molar-refractivity contribution >= 4 is 43.6 Å². The van der Waals surface area contributed by atoms with Crippen LogP contribution >= 0.6 is 0 Å². The van der Waals surface area contributed by atoms with Gasteiger partial charge in [-0.05, 0) is 54.1 Å². The van der Waals surface area contributed by atoms with Gasteiger partial charge in [0.15, 0.2) is 34.9 Å². The van der Waals surface area contributed by atoms with Crippen LogP contribution in [0, 0.1) is 11.3 Å². The van der Waals surface area contributed by atoms with Crippen molar-refractivity contribution in [3.05, 3.63) is 248 Å². The smallest absolute Gasteiger partial charge is 0.164 e. The standard InChI is InChI=1S/C66H40N10/c67-41-49-39-60(76-56-28-16-14-26-51(56)53-32-30-48(38-59(53)76)66-73-63(45-21-9-3-10-22-45)70-64(74-66)46-23-11-4-12-24-46)54(42-33-35-68-36-34-42)40-57(49)75-55-27-15-13-25-50(55)52-31-29-47(37-58(52)75)65-71-61(43-17-5-1-6-18-43)69-62(72-65)44-19-7-2-8-20-44/h1-40H. The Morgan fingerprint density at radius 2 is 0.645 bits per heavy atom. The van der Waals surface area contributed by atoms with Crippen LogP contribution < -0.4 is 0 Å². The van der Waals surface area contributed by atoms with Crippen molar-refractivity contribution in [2.45, 2.75) is 0 Å². The van der Waals surface area contributed by atoms with Crippen LogP contribution in [0.25, 0.3) is 134 Å². The van der Waals surface area contributed by atoms with E-state index in [4.69, 9.17) is 29.9 Å². The van der Waals surface area contributed by atoms with Crippen molar-refractivity contribution in [1.29, 1.82) is 5.26 Å². The molecule has 76 heavy (non-hydrogen) atoms. The summed E-state index contributed by atoms with van der Waals surface area (Å²) < 4.78 is 4.48. The van der Waals surface area contributed by atoms with Crippen molar-refractivity contribution in [3.8, 4) is 96.9 Å². The average Bonchev–Trinajstić information content (AvgIpc) is 4.02. The van der Waals surface area contributed by atoms with E-state index in [-0.39, 0.29) is 0 Å². The zero-order chi connectivity index (χ0) is 50.5. The summed E-state index contributed by atoms with van der Waals surface area (Å²) in [5.41, 5.74) is 12.8. The number of nitrogens with zero attached hydrogens (tertiary/aromatic N) is 10. The van der Waals surface area contributed by atoms with Crippen molar-refractivity contribution in [2.24, 2.45) is 0 Å². The van der Waals surface area contributed by atoms with Gasteiger partial charge in [0.1, 0.15) is 6.07 Å². The van der Waals surface area contributed by atoms with Crippen molar-refractivity contribution in [2.75, 3.05) is 0 Å². The van der Waals surface area contributed by atoms with Gasteiger partial charge < -0.3 is 9.13 Å². The lowest BCUT2D eigenvalue weighted by Gasteiger charge is -2.19. The first-order chi connectivity index (χ1) is 37.6. The third-order valence-corrected chi connectivity index (χ3v) is 14.0. The molecule has 0 spiro atoms. The molecule has 5 heterocycles. The zero-order valence-corrected chi connectivity index (χ0v) is 40.6. The van der Waals surface area contributed by atoms with Crippen molar-refractivity contribution in [1.82, 2.24) is 44.0 Å². The highest BCUT2D eigenvalue weighted by Gasteiger charge is 2.24. The molecule has 0 saturated heterocycles. The van der Waals surface area contributed by atoms with Gasteiger partial charge in [0.25, 0.3) is 0 Å². The molecule has 0 amide bonds. The molecular weight excluding hydrogens is 933 g/mol. The Labute approximate surface area is 436 Å². The summed E-state index contributed by atoms with van der Waals surface area (Å²) >= 11 is 0. The van der Waals surface area contributed by atoms with Crippen LogP contribution in [0.3, 0.4) is 0 Å². The van der Waals surface area contributed by atoms with Crippen molar-refractivity contribution in [3.63, 3.8) is 0 Å². The zero-order valence-electron chi connectivity index (χ0n) is 40.6. The number of rotatable bonds is 9. The van der Waals surface area contributed by atoms with E-state index in [0.717, 1.165) is 99.5 Å². The quantitative estimate of drug-likeness (QED) is 0.140. The molecule has 0 N–H and O–H groups in total. The molecule has 0 aliphatic heterocycles. The fourth-order valence-electron chi connectivity index (χ4n) is 10.4. The number of hydrogen-bond donors (Lipinski definition) is 0. The number of pyridine rings is 1. The second-order valence-corrected chi connectivity index (χ2v) is 18.5. The molecule has 9 aromatic carbocycles. The summed E-state index contributed by atoms with van der Waals surface area (Å²) in [6.45, 7) is 0. The predicted octanol–water partition coefficient (Wildman–Crippen LogP) is 15.2. The lowest BCUT2D eigenvalue weighted by atomic mass is 10.00. The Bertz CT molecular complexity index is 4450. The Kier molecular flexibility index (Phi) is 10.6. The third kappa shape index (κ3) is 7.63. The van der Waals surface area contributed by atoms with Crippen LogP contribution in [0.5, 0.6) is 0 Å². The summed E-state index contributed by atoms with van der Waals surface area (Å²) in [5.74, 6) is 3.40. The normalized spacial score (nSPS) is 11.4. The topological polar surface area (TPSA) is 124 Å². The summed E-state index contributed by atoms with van der Waals surface area (Å²) in [5, 5.41) is 15.7. The highest BCUT2D eigenvalue weighted by molar-refractivity contribution is 6.12. The van der Waals surface area contributed by atoms with Crippen LogP contribution in [0.2, 0.25) is 0 Å². The largest absolute Gasteiger partial charge is 0.309 e. The predicted molar refractivity (Wildman–Crippen MR) is 302 cm³/mol. The molecule has 0 atom stereocenters. The van der Waals surface area contributed by atoms with Gasteiger partial charge in [0.05, 0.1) is 39.0 Å². The molecule has 0 aliphatic rings. The molecule has 10 nitrogen and oxygen atoms in total. The molecule has 0 radical (unpaired) electrons. The van der Waals surface area contributed by atoms with Crippen LogP contribution in [0.1, 0.15) is 5.56 Å². The van der Waals surface area contributed by atoms with Crippen molar-refractivity contribution < 1.29 is 0 Å². The average molecular weight is 973 g/mol. The Balaban J connectivity index is 0.996. The van der Waals surface area contributed by atoms with Crippen LogP contribution in [-0.4, -0.2) is 44.0 Å². The molecular formula is C66H40N10. The maximum Gasteiger partial charge on any atom is 0.164 e. The van der Waals surface area contributed by atoms with Crippen LogP contribution in [-0.2, 0) is 0 Å². The summed E-state index contributed by atoms with van der Waals surface area (Å²) in [4.78, 5) is 34.8. The second-order valence-electron chi connectivity index (χ2n) is 18.5. The lowest BCUT2D eigenvalue weighted by Crippen LogP contribution is -2.04. The summed E-state index contributed by atoms with van der Waals surface area (Å²) in [6, 6.07) is 80.4. The summed E-state index contributed by atoms with van der Waals surface area (Å²) in [7, 11) is 0. The van der Waals surface area contributed by atoms with Gasteiger partial charge in [0, 0.05) is 72.9 Å². The van der Waals surface area contributed by atoms with Gasteiger partial charge in [-0.15, -0.1) is 0 Å². The van der Waals surface area contributed by atoms with E-state index in [1.54, 1.807) is 0 Å². The maximum absolute atomic E-state index is 11.5. The van der Waals surface area contributed by atoms with E-state index in [0.29, 0.717) is 40.5 Å². The molecule has 5 aromatic heterocycles. The maximum atomic E-state index is 11.5. The van der Waals surface area contributed by atoms with Gasteiger partial charge in [-0.25, -0.2) is 29.9 Å². The van der Waals surface area contributed by atoms with E-state index in [2.05, 4.69) is 105 Å². The number of para-hydroxylation sites is 2.